The highest BCUT2D eigenvalue weighted by molar-refractivity contribution is 5.93. The fourth-order valence-electron chi connectivity index (χ4n) is 9.88. The van der Waals surface area contributed by atoms with Crippen LogP contribution in [0, 0.1) is 11.8 Å². The molecule has 0 radical (unpaired) electrons. The number of carbonyl (C=O) groups is 3. The van der Waals surface area contributed by atoms with E-state index in [1.165, 1.54) is 45.1 Å². The lowest BCUT2D eigenvalue weighted by Gasteiger charge is -2.38. The quantitative estimate of drug-likeness (QED) is 0.183. The second-order valence-corrected chi connectivity index (χ2v) is 16.2. The summed E-state index contributed by atoms with van der Waals surface area (Å²) < 4.78 is 0. The third-order valence-electron chi connectivity index (χ3n) is 12.6. The van der Waals surface area contributed by atoms with Crippen LogP contribution in [0.5, 0.6) is 0 Å². The van der Waals surface area contributed by atoms with Gasteiger partial charge in [-0.05, 0) is 73.6 Å². The molecule has 53 heavy (non-hydrogen) atoms. The maximum Gasteiger partial charge on any atom is 0.246 e. The molecule has 0 spiro atoms. The zero-order valence-corrected chi connectivity index (χ0v) is 31.3. The Balaban J connectivity index is 1.04. The van der Waals surface area contributed by atoms with Crippen LogP contribution in [0.3, 0.4) is 0 Å². The summed E-state index contributed by atoms with van der Waals surface area (Å²) in [6, 6.07) is 28.9. The average Bonchev–Trinajstić information content (AvgIpc) is 3.77. The SMILES string of the molecule is O=C(NC[C@H]1CCCN(CC2CCCCCC2)C1)C1CCCN1C(=O)[C@@H]1C[C@@H](O)CN1C(=O)CC(c1ccccc1)(c1ccccc1)c1ccccc1. The van der Waals surface area contributed by atoms with Gasteiger partial charge in [-0.15, -0.1) is 0 Å². The molecule has 3 heterocycles. The molecule has 8 heteroatoms. The number of β-amino-alcohol motifs (C(OH)–C–C–N with tert-alkyl or cyclic N) is 1. The second-order valence-electron chi connectivity index (χ2n) is 16.2. The van der Waals surface area contributed by atoms with Crippen LogP contribution in [-0.4, -0.2) is 95.0 Å². The summed E-state index contributed by atoms with van der Waals surface area (Å²) in [6.07, 6.45) is 11.2. The lowest BCUT2D eigenvalue weighted by Crippen LogP contribution is -2.54. The maximum atomic E-state index is 14.7. The van der Waals surface area contributed by atoms with Crippen LogP contribution in [0.25, 0.3) is 0 Å². The van der Waals surface area contributed by atoms with Gasteiger partial charge < -0.3 is 25.1 Å². The predicted octanol–water partition coefficient (Wildman–Crippen LogP) is 6.16. The van der Waals surface area contributed by atoms with E-state index in [1.54, 1.807) is 9.80 Å². The van der Waals surface area contributed by atoms with Crippen LogP contribution < -0.4 is 5.32 Å². The molecule has 1 saturated carbocycles. The zero-order valence-electron chi connectivity index (χ0n) is 31.3. The Morgan fingerprint density at radius 1 is 0.642 bits per heavy atom. The van der Waals surface area contributed by atoms with Crippen molar-refractivity contribution in [2.24, 2.45) is 11.8 Å². The van der Waals surface area contributed by atoms with Crippen LogP contribution in [0.1, 0.15) is 93.7 Å². The fraction of sp³-hybridized carbons (Fsp3) is 0.533. The molecule has 4 aliphatic rings. The molecule has 7 rings (SSSR count). The number of nitrogens with one attached hydrogen (secondary N) is 1. The minimum atomic E-state index is -0.818. The molecule has 0 bridgehead atoms. The molecule has 3 aliphatic heterocycles. The first kappa shape index (κ1) is 37.3. The number of aliphatic hydroxyl groups excluding tert-OH is 1. The molecular formula is C45H58N4O4. The molecule has 3 amide bonds. The maximum absolute atomic E-state index is 14.7. The van der Waals surface area contributed by atoms with Gasteiger partial charge in [0, 0.05) is 45.6 Å². The number of piperidine rings is 1. The molecule has 282 valence electrons. The molecule has 3 saturated heterocycles. The molecule has 4 fully saturated rings. The Labute approximate surface area is 315 Å². The van der Waals surface area contributed by atoms with Gasteiger partial charge in [-0.1, -0.05) is 117 Å². The van der Waals surface area contributed by atoms with Crippen LogP contribution in [0.2, 0.25) is 0 Å². The lowest BCUT2D eigenvalue weighted by molar-refractivity contribution is -0.146. The number of hydrogen-bond acceptors (Lipinski definition) is 5. The Bertz CT molecular complexity index is 1550. The summed E-state index contributed by atoms with van der Waals surface area (Å²) >= 11 is 0. The van der Waals surface area contributed by atoms with Crippen LogP contribution >= 0.6 is 0 Å². The van der Waals surface area contributed by atoms with Gasteiger partial charge in [0.15, 0.2) is 0 Å². The first-order chi connectivity index (χ1) is 25.9. The number of carbonyl (C=O) groups excluding carboxylic acids is 3. The van der Waals surface area contributed by atoms with Crippen molar-refractivity contribution in [2.75, 3.05) is 39.3 Å². The smallest absolute Gasteiger partial charge is 0.246 e. The largest absolute Gasteiger partial charge is 0.391 e. The summed E-state index contributed by atoms with van der Waals surface area (Å²) in [5.74, 6) is 0.702. The summed E-state index contributed by atoms with van der Waals surface area (Å²) in [4.78, 5) is 48.7. The molecule has 1 aliphatic carbocycles. The number of amides is 3. The molecule has 3 aromatic rings. The van der Waals surface area contributed by atoms with Gasteiger partial charge >= 0.3 is 0 Å². The molecule has 1 unspecified atom stereocenters. The van der Waals surface area contributed by atoms with E-state index in [9.17, 15) is 19.5 Å². The monoisotopic (exact) mass is 718 g/mol. The van der Waals surface area contributed by atoms with E-state index in [-0.39, 0.29) is 37.1 Å². The Hall–Kier alpha value is -4.01. The van der Waals surface area contributed by atoms with E-state index in [2.05, 4.69) is 46.6 Å². The van der Waals surface area contributed by atoms with E-state index in [4.69, 9.17) is 0 Å². The van der Waals surface area contributed by atoms with E-state index in [0.29, 0.717) is 25.4 Å². The normalized spacial score (nSPS) is 24.5. The lowest BCUT2D eigenvalue weighted by atomic mass is 9.67. The Morgan fingerprint density at radius 2 is 1.21 bits per heavy atom. The summed E-state index contributed by atoms with van der Waals surface area (Å²) in [5.41, 5.74) is 2.13. The van der Waals surface area contributed by atoms with E-state index >= 15 is 0 Å². The second kappa shape index (κ2) is 17.4. The van der Waals surface area contributed by atoms with Crippen molar-refractivity contribution in [3.05, 3.63) is 108 Å². The van der Waals surface area contributed by atoms with E-state index in [1.807, 2.05) is 54.6 Å². The number of aliphatic hydroxyl groups is 1. The average molecular weight is 719 g/mol. The van der Waals surface area contributed by atoms with E-state index < -0.39 is 23.6 Å². The minimum absolute atomic E-state index is 0.0879. The highest BCUT2D eigenvalue weighted by atomic mass is 16.3. The number of benzene rings is 3. The number of rotatable bonds is 11. The standard InChI is InChI=1S/C45H58N4O4/c50-39-28-41(44(53)48-27-15-25-40(48)43(52)46-30-35-18-14-26-47(32-35)31-34-16-6-1-2-7-17-34)49(33-39)42(51)29-45(36-19-8-3-9-20-36,37-21-10-4-11-22-37)38-23-12-5-13-24-38/h3-5,8-13,19-24,34-35,39-41,50H,1-2,6-7,14-18,25-33H2,(H,46,52)/t35-,39-,40?,41+/m1/s1. The molecular weight excluding hydrogens is 661 g/mol. The van der Waals surface area contributed by atoms with Crippen LogP contribution in [0.4, 0.5) is 0 Å². The Morgan fingerprint density at radius 3 is 1.81 bits per heavy atom. The zero-order chi connectivity index (χ0) is 36.6. The van der Waals surface area contributed by atoms with E-state index in [0.717, 1.165) is 55.0 Å². The van der Waals surface area contributed by atoms with Gasteiger partial charge in [0.1, 0.15) is 12.1 Å². The topological polar surface area (TPSA) is 93.2 Å². The van der Waals surface area contributed by atoms with Gasteiger partial charge in [-0.25, -0.2) is 0 Å². The van der Waals surface area contributed by atoms with Crippen molar-refractivity contribution in [1.29, 1.82) is 0 Å². The van der Waals surface area contributed by atoms with Gasteiger partial charge in [0.25, 0.3) is 0 Å². The van der Waals surface area contributed by atoms with Crippen molar-refractivity contribution >= 4 is 17.7 Å². The minimum Gasteiger partial charge on any atom is -0.391 e. The first-order valence-corrected chi connectivity index (χ1v) is 20.4. The number of hydrogen-bond donors (Lipinski definition) is 2. The highest BCUT2D eigenvalue weighted by Crippen LogP contribution is 2.43. The Kier molecular flexibility index (Phi) is 12.3. The highest BCUT2D eigenvalue weighted by Gasteiger charge is 2.47. The van der Waals surface area contributed by atoms with Crippen molar-refractivity contribution in [2.45, 2.75) is 101 Å². The molecule has 2 N–H and O–H groups in total. The number of nitrogens with zero attached hydrogens (tertiary/aromatic N) is 3. The van der Waals surface area contributed by atoms with Crippen LogP contribution in [0.15, 0.2) is 91.0 Å². The van der Waals surface area contributed by atoms with Crippen molar-refractivity contribution in [3.8, 4) is 0 Å². The fourth-order valence-corrected chi connectivity index (χ4v) is 9.88. The number of likely N-dealkylation sites (tertiary alicyclic amines) is 3. The van der Waals surface area contributed by atoms with Crippen LogP contribution in [-0.2, 0) is 19.8 Å². The van der Waals surface area contributed by atoms with Gasteiger partial charge in [0.05, 0.1) is 11.5 Å². The third kappa shape index (κ3) is 8.54. The molecule has 8 nitrogen and oxygen atoms in total. The van der Waals surface area contributed by atoms with Crippen molar-refractivity contribution in [3.63, 3.8) is 0 Å². The summed E-state index contributed by atoms with van der Waals surface area (Å²) in [6.45, 7) is 4.56. The van der Waals surface area contributed by atoms with Gasteiger partial charge in [-0.3, -0.25) is 14.4 Å². The predicted molar refractivity (Wildman–Crippen MR) is 208 cm³/mol. The molecule has 0 aromatic heterocycles. The van der Waals surface area contributed by atoms with Gasteiger partial charge in [-0.2, -0.15) is 0 Å². The van der Waals surface area contributed by atoms with Gasteiger partial charge in [0.2, 0.25) is 17.7 Å². The van der Waals surface area contributed by atoms with Crippen molar-refractivity contribution in [1.82, 2.24) is 20.0 Å². The third-order valence-corrected chi connectivity index (χ3v) is 12.6. The molecule has 4 atom stereocenters. The van der Waals surface area contributed by atoms with Crippen molar-refractivity contribution < 1.29 is 19.5 Å². The summed E-state index contributed by atoms with van der Waals surface area (Å²) in [5, 5.41) is 14.2. The summed E-state index contributed by atoms with van der Waals surface area (Å²) in [7, 11) is 0. The first-order valence-electron chi connectivity index (χ1n) is 20.4. The molecule has 3 aromatic carbocycles.